The van der Waals surface area contributed by atoms with Gasteiger partial charge in [-0.05, 0) is 31.4 Å². The third-order valence-corrected chi connectivity index (χ3v) is 3.06. The van der Waals surface area contributed by atoms with Crippen LogP contribution in [0.5, 0.6) is 0 Å². The molecule has 0 saturated heterocycles. The van der Waals surface area contributed by atoms with E-state index in [4.69, 9.17) is 5.26 Å². The summed E-state index contributed by atoms with van der Waals surface area (Å²) in [6.45, 7) is 8.31. The predicted octanol–water partition coefficient (Wildman–Crippen LogP) is 3.37. The van der Waals surface area contributed by atoms with Crippen molar-refractivity contribution in [1.82, 2.24) is 4.90 Å². The highest BCUT2D eigenvalue weighted by molar-refractivity contribution is 5.22. The Morgan fingerprint density at radius 2 is 1.76 bits per heavy atom. The zero-order chi connectivity index (χ0) is 12.7. The first-order chi connectivity index (χ1) is 8.17. The van der Waals surface area contributed by atoms with Crippen molar-refractivity contribution in [3.05, 3.63) is 35.4 Å². The molecule has 0 aromatic heterocycles. The van der Waals surface area contributed by atoms with E-state index < -0.39 is 0 Å². The fourth-order valence-electron chi connectivity index (χ4n) is 1.83. The Labute approximate surface area is 105 Å². The smallest absolute Gasteiger partial charge is 0.0635 e. The Hall–Kier alpha value is -1.33. The van der Waals surface area contributed by atoms with Crippen LogP contribution >= 0.6 is 0 Å². The van der Waals surface area contributed by atoms with E-state index >= 15 is 0 Å². The van der Waals surface area contributed by atoms with Gasteiger partial charge in [-0.2, -0.15) is 5.26 Å². The first-order valence-corrected chi connectivity index (χ1v) is 6.36. The summed E-state index contributed by atoms with van der Waals surface area (Å²) in [6, 6.07) is 11.5. The molecule has 2 heteroatoms. The molecule has 0 saturated carbocycles. The molecule has 1 aromatic carbocycles. The van der Waals surface area contributed by atoms with Crippen molar-refractivity contribution in [2.75, 3.05) is 6.54 Å². The lowest BCUT2D eigenvalue weighted by Gasteiger charge is -2.25. The molecule has 0 radical (unpaired) electrons. The van der Waals surface area contributed by atoms with E-state index in [-0.39, 0.29) is 0 Å². The van der Waals surface area contributed by atoms with Crippen LogP contribution in [0.3, 0.4) is 0 Å². The molecular weight excluding hydrogens is 208 g/mol. The van der Waals surface area contributed by atoms with E-state index in [0.717, 1.165) is 19.5 Å². The van der Waals surface area contributed by atoms with Crippen molar-refractivity contribution in [3.63, 3.8) is 0 Å². The van der Waals surface area contributed by atoms with Crippen molar-refractivity contribution < 1.29 is 0 Å². The summed E-state index contributed by atoms with van der Waals surface area (Å²) in [4.78, 5) is 2.34. The first kappa shape index (κ1) is 13.7. The first-order valence-electron chi connectivity index (χ1n) is 6.36. The Kier molecular flexibility index (Phi) is 5.72. The van der Waals surface area contributed by atoms with E-state index in [1.807, 2.05) is 0 Å². The molecule has 0 heterocycles. The van der Waals surface area contributed by atoms with Crippen LogP contribution in [0.25, 0.3) is 0 Å². The zero-order valence-corrected chi connectivity index (χ0v) is 11.1. The summed E-state index contributed by atoms with van der Waals surface area (Å²) >= 11 is 0. The molecule has 0 aliphatic rings. The van der Waals surface area contributed by atoms with E-state index in [9.17, 15) is 0 Å². The van der Waals surface area contributed by atoms with E-state index in [1.165, 1.54) is 11.1 Å². The average molecular weight is 230 g/mol. The summed E-state index contributed by atoms with van der Waals surface area (Å²) in [5, 5.41) is 8.65. The van der Waals surface area contributed by atoms with Crippen LogP contribution in [0.1, 0.15) is 38.3 Å². The second-order valence-electron chi connectivity index (χ2n) is 4.64. The van der Waals surface area contributed by atoms with Crippen LogP contribution in [0.4, 0.5) is 0 Å². The topological polar surface area (TPSA) is 27.0 Å². The van der Waals surface area contributed by atoms with Gasteiger partial charge >= 0.3 is 0 Å². The average Bonchev–Trinajstić information content (AvgIpc) is 2.35. The second kappa shape index (κ2) is 7.09. The number of aryl methyl sites for hydroxylation is 1. The van der Waals surface area contributed by atoms with E-state index in [0.29, 0.717) is 12.5 Å². The minimum absolute atomic E-state index is 0.481. The molecule has 1 rings (SSSR count). The quantitative estimate of drug-likeness (QED) is 0.749. The van der Waals surface area contributed by atoms with Crippen molar-refractivity contribution >= 4 is 0 Å². The third-order valence-electron chi connectivity index (χ3n) is 3.06. The number of hydrogen-bond acceptors (Lipinski definition) is 2. The second-order valence-corrected chi connectivity index (χ2v) is 4.64. The molecule has 0 spiro atoms. The normalized spacial score (nSPS) is 10.8. The molecule has 17 heavy (non-hydrogen) atoms. The Morgan fingerprint density at radius 1 is 1.18 bits per heavy atom. The molecule has 1 aromatic rings. The van der Waals surface area contributed by atoms with Gasteiger partial charge in [0, 0.05) is 25.6 Å². The largest absolute Gasteiger partial charge is 0.296 e. The van der Waals surface area contributed by atoms with Gasteiger partial charge in [0.2, 0.25) is 0 Å². The summed E-state index contributed by atoms with van der Waals surface area (Å²) < 4.78 is 0. The Morgan fingerprint density at radius 3 is 2.24 bits per heavy atom. The fourth-order valence-corrected chi connectivity index (χ4v) is 1.83. The van der Waals surface area contributed by atoms with Gasteiger partial charge in [0.05, 0.1) is 6.07 Å². The maximum Gasteiger partial charge on any atom is 0.0635 e. The fraction of sp³-hybridized carbons (Fsp3) is 0.533. The van der Waals surface area contributed by atoms with Crippen molar-refractivity contribution in [3.8, 4) is 6.07 Å². The highest BCUT2D eigenvalue weighted by Crippen LogP contribution is 2.10. The minimum Gasteiger partial charge on any atom is -0.296 e. The summed E-state index contributed by atoms with van der Waals surface area (Å²) in [7, 11) is 0. The Bertz CT molecular complexity index is 360. The summed E-state index contributed by atoms with van der Waals surface area (Å²) in [5.41, 5.74) is 2.70. The molecule has 0 N–H and O–H groups in total. The van der Waals surface area contributed by atoms with Crippen LogP contribution in [-0.2, 0) is 13.0 Å². The van der Waals surface area contributed by atoms with Gasteiger partial charge in [0.1, 0.15) is 0 Å². The molecular formula is C15H22N2. The van der Waals surface area contributed by atoms with Crippen molar-refractivity contribution in [2.45, 2.75) is 46.2 Å². The number of rotatable bonds is 6. The highest BCUT2D eigenvalue weighted by atomic mass is 15.1. The molecule has 0 atom stereocenters. The SMILES string of the molecule is CCc1ccc(CN(CCC#N)C(C)C)cc1. The summed E-state index contributed by atoms with van der Waals surface area (Å²) in [5.74, 6) is 0. The predicted molar refractivity (Wildman–Crippen MR) is 71.6 cm³/mol. The van der Waals surface area contributed by atoms with Crippen LogP contribution < -0.4 is 0 Å². The molecule has 92 valence electrons. The maximum absolute atomic E-state index is 8.65. The van der Waals surface area contributed by atoms with Crippen LogP contribution in [0.2, 0.25) is 0 Å². The lowest BCUT2D eigenvalue weighted by Crippen LogP contribution is -2.31. The van der Waals surface area contributed by atoms with E-state index in [1.54, 1.807) is 0 Å². The third kappa shape index (κ3) is 4.58. The number of nitrogens with zero attached hydrogens (tertiary/aromatic N) is 2. The molecule has 0 aliphatic carbocycles. The Balaban J connectivity index is 2.62. The number of benzene rings is 1. The molecule has 0 bridgehead atoms. The van der Waals surface area contributed by atoms with E-state index in [2.05, 4.69) is 56.0 Å². The molecule has 2 nitrogen and oxygen atoms in total. The van der Waals surface area contributed by atoms with Crippen LogP contribution in [0.15, 0.2) is 24.3 Å². The van der Waals surface area contributed by atoms with Gasteiger partial charge in [-0.15, -0.1) is 0 Å². The van der Waals surface area contributed by atoms with Gasteiger partial charge in [-0.3, -0.25) is 4.90 Å². The highest BCUT2D eigenvalue weighted by Gasteiger charge is 2.09. The molecule has 0 fully saturated rings. The monoisotopic (exact) mass is 230 g/mol. The van der Waals surface area contributed by atoms with Gasteiger partial charge in [-0.1, -0.05) is 31.2 Å². The maximum atomic E-state index is 8.65. The van der Waals surface area contributed by atoms with Crippen LogP contribution in [-0.4, -0.2) is 17.5 Å². The number of nitriles is 1. The lowest BCUT2D eigenvalue weighted by molar-refractivity contribution is 0.218. The zero-order valence-electron chi connectivity index (χ0n) is 11.1. The minimum atomic E-state index is 0.481. The van der Waals surface area contributed by atoms with Crippen LogP contribution in [0, 0.1) is 11.3 Å². The lowest BCUT2D eigenvalue weighted by atomic mass is 10.1. The standard InChI is InChI=1S/C15H22N2/c1-4-14-6-8-15(9-7-14)12-17(13(2)3)11-5-10-16/h6-9,13H,4-5,11-12H2,1-3H3. The summed E-state index contributed by atoms with van der Waals surface area (Å²) in [6.07, 6.45) is 1.69. The molecule has 0 amide bonds. The van der Waals surface area contributed by atoms with Gasteiger partial charge in [-0.25, -0.2) is 0 Å². The van der Waals surface area contributed by atoms with Gasteiger partial charge in [0.25, 0.3) is 0 Å². The van der Waals surface area contributed by atoms with Crippen molar-refractivity contribution in [1.29, 1.82) is 5.26 Å². The van der Waals surface area contributed by atoms with Crippen molar-refractivity contribution in [2.24, 2.45) is 0 Å². The molecule has 0 unspecified atom stereocenters. The van der Waals surface area contributed by atoms with Gasteiger partial charge in [0.15, 0.2) is 0 Å². The van der Waals surface area contributed by atoms with Gasteiger partial charge < -0.3 is 0 Å². The number of hydrogen-bond donors (Lipinski definition) is 0. The molecule has 0 aliphatic heterocycles.